The van der Waals surface area contributed by atoms with Crippen molar-refractivity contribution in [2.45, 2.75) is 32.7 Å². The summed E-state index contributed by atoms with van der Waals surface area (Å²) < 4.78 is 0. The normalized spacial score (nSPS) is 15.7. The molecule has 1 aliphatic heterocycles. The van der Waals surface area contributed by atoms with Gasteiger partial charge in [-0.1, -0.05) is 13.8 Å². The summed E-state index contributed by atoms with van der Waals surface area (Å²) >= 11 is 0. The number of amides is 1. The van der Waals surface area contributed by atoms with Gasteiger partial charge in [0, 0.05) is 24.8 Å². The molecule has 0 unspecified atom stereocenters. The molecule has 7 nitrogen and oxygen atoms in total. The predicted octanol–water partition coefficient (Wildman–Crippen LogP) is 2.26. The number of aliphatic hydroxyl groups is 1. The number of anilines is 1. The monoisotopic (exact) mass is 321 g/mol. The molecule has 1 fully saturated rings. The fraction of sp³-hybridized carbons (Fsp3) is 0.562. The van der Waals surface area contributed by atoms with E-state index in [0.29, 0.717) is 18.8 Å². The molecule has 1 amide bonds. The lowest BCUT2D eigenvalue weighted by atomic mass is 10.0. The summed E-state index contributed by atoms with van der Waals surface area (Å²) in [5, 5.41) is 23.8. The van der Waals surface area contributed by atoms with E-state index in [9.17, 15) is 20.0 Å². The highest BCUT2D eigenvalue weighted by Gasteiger charge is 2.27. The maximum Gasteiger partial charge on any atom is 0.282 e. The summed E-state index contributed by atoms with van der Waals surface area (Å²) in [7, 11) is 0. The van der Waals surface area contributed by atoms with E-state index in [-0.39, 0.29) is 35.7 Å². The first-order valence-electron chi connectivity index (χ1n) is 7.89. The number of aliphatic hydroxyl groups excluding tert-OH is 1. The highest BCUT2D eigenvalue weighted by atomic mass is 16.6. The number of nitro groups is 1. The van der Waals surface area contributed by atoms with Crippen molar-refractivity contribution in [3.05, 3.63) is 33.9 Å². The van der Waals surface area contributed by atoms with Crippen LogP contribution in [0.2, 0.25) is 0 Å². The number of rotatable bonds is 6. The van der Waals surface area contributed by atoms with Gasteiger partial charge in [0.15, 0.2) is 0 Å². The quantitative estimate of drug-likeness (QED) is 0.619. The first kappa shape index (κ1) is 17.2. The molecule has 0 radical (unpaired) electrons. The van der Waals surface area contributed by atoms with Crippen molar-refractivity contribution in [2.75, 3.05) is 25.0 Å². The van der Waals surface area contributed by atoms with Crippen molar-refractivity contribution in [3.63, 3.8) is 0 Å². The van der Waals surface area contributed by atoms with Crippen LogP contribution < -0.4 is 5.32 Å². The van der Waals surface area contributed by atoms with Gasteiger partial charge in [0.25, 0.3) is 11.6 Å². The standard InChI is InChI=1S/C16H23N3O4/c1-11(2)14(10-20)17-12-5-6-15(19(22)23)13(9-12)16(21)18-7-3-4-8-18/h5-6,9,11,14,17,20H,3-4,7-8,10H2,1-2H3/t14-/m1/s1. The van der Waals surface area contributed by atoms with Crippen molar-refractivity contribution < 1.29 is 14.8 Å². The summed E-state index contributed by atoms with van der Waals surface area (Å²) in [6.07, 6.45) is 1.86. The Morgan fingerprint density at radius 2 is 2.04 bits per heavy atom. The van der Waals surface area contributed by atoms with Crippen molar-refractivity contribution in [1.82, 2.24) is 4.90 Å². The Morgan fingerprint density at radius 3 is 2.57 bits per heavy atom. The topological polar surface area (TPSA) is 95.7 Å². The van der Waals surface area contributed by atoms with Crippen molar-refractivity contribution in [3.8, 4) is 0 Å². The number of carbonyl (C=O) groups is 1. The zero-order chi connectivity index (χ0) is 17.0. The van der Waals surface area contributed by atoms with Crippen LogP contribution in [0.15, 0.2) is 18.2 Å². The van der Waals surface area contributed by atoms with E-state index in [1.54, 1.807) is 11.0 Å². The summed E-state index contributed by atoms with van der Waals surface area (Å²) in [5.41, 5.74) is 0.519. The summed E-state index contributed by atoms with van der Waals surface area (Å²) in [5.74, 6) is -0.115. The first-order chi connectivity index (χ1) is 10.9. The molecule has 0 aromatic heterocycles. The van der Waals surface area contributed by atoms with E-state index in [1.165, 1.54) is 12.1 Å². The second-order valence-corrected chi connectivity index (χ2v) is 6.17. The molecule has 2 rings (SSSR count). The molecule has 1 aromatic rings. The van der Waals surface area contributed by atoms with Crippen LogP contribution in [0.5, 0.6) is 0 Å². The summed E-state index contributed by atoms with van der Waals surface area (Å²) in [6, 6.07) is 4.26. The van der Waals surface area contributed by atoms with Crippen molar-refractivity contribution >= 4 is 17.3 Å². The second-order valence-electron chi connectivity index (χ2n) is 6.17. The third kappa shape index (κ3) is 3.98. The van der Waals surface area contributed by atoms with Crippen LogP contribution >= 0.6 is 0 Å². The lowest BCUT2D eigenvalue weighted by molar-refractivity contribution is -0.385. The highest BCUT2D eigenvalue weighted by Crippen LogP contribution is 2.26. The van der Waals surface area contributed by atoms with Gasteiger partial charge >= 0.3 is 0 Å². The van der Waals surface area contributed by atoms with Crippen molar-refractivity contribution in [1.29, 1.82) is 0 Å². The molecule has 1 aromatic carbocycles. The van der Waals surface area contributed by atoms with Crippen molar-refractivity contribution in [2.24, 2.45) is 5.92 Å². The first-order valence-corrected chi connectivity index (χ1v) is 7.89. The number of hydrogen-bond donors (Lipinski definition) is 2. The number of carbonyl (C=O) groups excluding carboxylic acids is 1. The third-order valence-electron chi connectivity index (χ3n) is 4.17. The third-order valence-corrected chi connectivity index (χ3v) is 4.17. The minimum absolute atomic E-state index is 0.0515. The van der Waals surface area contributed by atoms with E-state index in [1.807, 2.05) is 13.8 Å². The average Bonchev–Trinajstić information content (AvgIpc) is 3.05. The largest absolute Gasteiger partial charge is 0.394 e. The molecule has 0 bridgehead atoms. The maximum atomic E-state index is 12.6. The number of nitrogens with one attached hydrogen (secondary N) is 1. The Kier molecular flexibility index (Phi) is 5.54. The van der Waals surface area contributed by atoms with Crippen LogP contribution in [0.4, 0.5) is 11.4 Å². The number of likely N-dealkylation sites (tertiary alicyclic amines) is 1. The van der Waals surface area contributed by atoms with Crippen LogP contribution in [0.3, 0.4) is 0 Å². The molecule has 126 valence electrons. The molecule has 0 spiro atoms. The van der Waals surface area contributed by atoms with Gasteiger partial charge in [-0.15, -0.1) is 0 Å². The Labute approximate surface area is 135 Å². The van der Waals surface area contributed by atoms with E-state index in [2.05, 4.69) is 5.32 Å². The van der Waals surface area contributed by atoms with Crippen LogP contribution in [-0.4, -0.2) is 46.6 Å². The lowest BCUT2D eigenvalue weighted by Crippen LogP contribution is -2.30. The van der Waals surface area contributed by atoms with E-state index < -0.39 is 4.92 Å². The number of nitrogens with zero attached hydrogens (tertiary/aromatic N) is 2. The molecule has 1 saturated heterocycles. The van der Waals surface area contributed by atoms with Gasteiger partial charge in [0.1, 0.15) is 5.56 Å². The van der Waals surface area contributed by atoms with E-state index >= 15 is 0 Å². The zero-order valence-electron chi connectivity index (χ0n) is 13.5. The summed E-state index contributed by atoms with van der Waals surface area (Å²) in [4.78, 5) is 24.9. The molecule has 1 heterocycles. The molecule has 7 heteroatoms. The van der Waals surface area contributed by atoms with Gasteiger partial charge in [-0.05, 0) is 30.9 Å². The van der Waals surface area contributed by atoms with Crippen LogP contribution in [-0.2, 0) is 0 Å². The molecule has 0 aliphatic carbocycles. The Bertz CT molecular complexity index is 583. The van der Waals surface area contributed by atoms with Crippen LogP contribution in [0, 0.1) is 16.0 Å². The van der Waals surface area contributed by atoms with Gasteiger partial charge in [-0.2, -0.15) is 0 Å². The molecular formula is C16H23N3O4. The Balaban J connectivity index is 2.31. The predicted molar refractivity (Wildman–Crippen MR) is 87.6 cm³/mol. The van der Waals surface area contributed by atoms with E-state index in [0.717, 1.165) is 12.8 Å². The van der Waals surface area contributed by atoms with E-state index in [4.69, 9.17) is 0 Å². The number of benzene rings is 1. The SMILES string of the molecule is CC(C)[C@@H](CO)Nc1ccc([N+](=O)[O-])c(C(=O)N2CCCC2)c1. The Hall–Kier alpha value is -2.15. The minimum Gasteiger partial charge on any atom is -0.394 e. The van der Waals surface area contributed by atoms with Gasteiger partial charge in [0.05, 0.1) is 17.6 Å². The molecule has 2 N–H and O–H groups in total. The fourth-order valence-corrected chi connectivity index (χ4v) is 2.68. The fourth-order valence-electron chi connectivity index (χ4n) is 2.68. The van der Waals surface area contributed by atoms with Crippen LogP contribution in [0.1, 0.15) is 37.0 Å². The number of hydrogen-bond acceptors (Lipinski definition) is 5. The van der Waals surface area contributed by atoms with Gasteiger partial charge in [-0.25, -0.2) is 0 Å². The Morgan fingerprint density at radius 1 is 1.39 bits per heavy atom. The molecular weight excluding hydrogens is 298 g/mol. The van der Waals surface area contributed by atoms with Gasteiger partial charge < -0.3 is 15.3 Å². The molecule has 23 heavy (non-hydrogen) atoms. The van der Waals surface area contributed by atoms with Gasteiger partial charge in [0.2, 0.25) is 0 Å². The molecule has 1 atom stereocenters. The average molecular weight is 321 g/mol. The highest BCUT2D eigenvalue weighted by molar-refractivity contribution is 5.99. The van der Waals surface area contributed by atoms with Crippen LogP contribution in [0.25, 0.3) is 0 Å². The molecule has 1 aliphatic rings. The zero-order valence-corrected chi connectivity index (χ0v) is 13.5. The maximum absolute atomic E-state index is 12.6. The molecule has 0 saturated carbocycles. The second kappa shape index (κ2) is 7.41. The summed E-state index contributed by atoms with van der Waals surface area (Å²) in [6.45, 7) is 5.16. The van der Waals surface area contributed by atoms with Gasteiger partial charge in [-0.3, -0.25) is 14.9 Å². The minimum atomic E-state index is -0.529. The number of nitro benzene ring substituents is 1. The smallest absolute Gasteiger partial charge is 0.282 e. The lowest BCUT2D eigenvalue weighted by Gasteiger charge is -2.22.